The molecule has 4 aromatic rings. The fourth-order valence-corrected chi connectivity index (χ4v) is 4.77. The van der Waals surface area contributed by atoms with Crippen LogP contribution in [0.15, 0.2) is 59.8 Å². The van der Waals surface area contributed by atoms with E-state index in [0.717, 1.165) is 5.56 Å². The molecule has 3 heterocycles. The van der Waals surface area contributed by atoms with Crippen molar-refractivity contribution in [2.45, 2.75) is 11.9 Å². The Kier molecular flexibility index (Phi) is 6.07. The summed E-state index contributed by atoms with van der Waals surface area (Å²) in [5, 5.41) is 5.64. The standard InChI is InChI=1S/C25H23FN4O3S/c1-16-3-7-21(26)20(13-16)18-5-8-23(27-15-18)30-22-14-17(25(31)29-9-11-33-12-10-29)4-6-19(22)24(28-30)34(2)32/h3-8,13-15H,9-12H2,1-2H3. The van der Waals surface area contributed by atoms with Gasteiger partial charge in [0, 0.05) is 47.2 Å². The van der Waals surface area contributed by atoms with E-state index in [0.29, 0.717) is 64.7 Å². The van der Waals surface area contributed by atoms with E-state index in [1.165, 1.54) is 6.07 Å². The first-order valence-corrected chi connectivity index (χ1v) is 12.4. The summed E-state index contributed by atoms with van der Waals surface area (Å²) in [7, 11) is 0. The Balaban J connectivity index is 1.56. The molecule has 34 heavy (non-hydrogen) atoms. The van der Waals surface area contributed by atoms with Crippen LogP contribution < -0.4 is 0 Å². The van der Waals surface area contributed by atoms with Gasteiger partial charge in [0.25, 0.3) is 10.9 Å². The second kappa shape index (κ2) is 9.17. The minimum Gasteiger partial charge on any atom is -0.610 e. The van der Waals surface area contributed by atoms with Crippen LogP contribution in [-0.2, 0) is 15.9 Å². The molecular weight excluding hydrogens is 455 g/mol. The first-order valence-electron chi connectivity index (χ1n) is 10.9. The van der Waals surface area contributed by atoms with E-state index >= 15 is 0 Å². The molecule has 1 aliphatic rings. The van der Waals surface area contributed by atoms with Crippen molar-refractivity contribution >= 4 is 28.0 Å². The molecule has 2 aromatic carbocycles. The Morgan fingerprint density at radius 3 is 2.62 bits per heavy atom. The summed E-state index contributed by atoms with van der Waals surface area (Å²) < 4.78 is 33.6. The number of benzene rings is 2. The third-order valence-corrected chi connectivity index (χ3v) is 6.71. The fraction of sp³-hybridized carbons (Fsp3) is 0.240. The zero-order valence-electron chi connectivity index (χ0n) is 18.8. The van der Waals surface area contributed by atoms with Crippen molar-refractivity contribution in [2.75, 3.05) is 32.6 Å². The van der Waals surface area contributed by atoms with Crippen LogP contribution in [-0.4, -0.2) is 62.7 Å². The zero-order valence-corrected chi connectivity index (χ0v) is 19.6. The molecule has 1 fully saturated rings. The van der Waals surface area contributed by atoms with Gasteiger partial charge < -0.3 is 14.2 Å². The molecule has 0 radical (unpaired) electrons. The number of amides is 1. The Labute approximate surface area is 199 Å². The van der Waals surface area contributed by atoms with Crippen LogP contribution in [0.3, 0.4) is 0 Å². The number of fused-ring (bicyclic) bond motifs is 1. The van der Waals surface area contributed by atoms with Crippen LogP contribution in [0.2, 0.25) is 0 Å². The summed E-state index contributed by atoms with van der Waals surface area (Å²) in [6.07, 6.45) is 3.15. The number of aryl methyl sites for hydroxylation is 1. The SMILES string of the molecule is Cc1ccc(F)c(-c2ccc(-n3nc([S+](C)[O-])c4ccc(C(=O)N5CCOCC5)cc43)nc2)c1. The molecule has 0 aliphatic carbocycles. The Hall–Kier alpha value is -3.27. The average Bonchev–Trinajstić information content (AvgIpc) is 3.25. The van der Waals surface area contributed by atoms with Crippen molar-refractivity contribution in [3.8, 4) is 16.9 Å². The molecule has 1 aliphatic heterocycles. The monoisotopic (exact) mass is 478 g/mol. The normalized spacial score (nSPS) is 15.0. The number of ether oxygens (including phenoxy) is 1. The van der Waals surface area contributed by atoms with E-state index in [1.807, 2.05) is 6.92 Å². The third-order valence-electron chi connectivity index (χ3n) is 5.86. The number of hydrogen-bond donors (Lipinski definition) is 0. The predicted octanol–water partition coefficient (Wildman–Crippen LogP) is 3.74. The van der Waals surface area contributed by atoms with E-state index in [-0.39, 0.29) is 11.7 Å². The molecule has 0 bridgehead atoms. The highest BCUT2D eigenvalue weighted by Gasteiger charge is 2.23. The second-order valence-electron chi connectivity index (χ2n) is 8.20. The zero-order chi connectivity index (χ0) is 23.8. The number of carbonyl (C=O) groups is 1. The van der Waals surface area contributed by atoms with Crippen molar-refractivity contribution in [3.05, 3.63) is 71.7 Å². The first-order chi connectivity index (χ1) is 16.4. The molecule has 1 atom stereocenters. The van der Waals surface area contributed by atoms with E-state index < -0.39 is 11.2 Å². The number of carbonyl (C=O) groups excluding carboxylic acids is 1. The van der Waals surface area contributed by atoms with Crippen molar-refractivity contribution in [2.24, 2.45) is 0 Å². The topological polar surface area (TPSA) is 83.3 Å². The van der Waals surface area contributed by atoms with E-state index in [1.54, 1.807) is 64.5 Å². The molecule has 174 valence electrons. The van der Waals surface area contributed by atoms with Crippen LogP contribution in [0.4, 0.5) is 4.39 Å². The van der Waals surface area contributed by atoms with Gasteiger partial charge >= 0.3 is 0 Å². The van der Waals surface area contributed by atoms with Crippen molar-refractivity contribution in [1.82, 2.24) is 19.7 Å². The van der Waals surface area contributed by atoms with Gasteiger partial charge in [0.05, 0.1) is 24.1 Å². The molecule has 1 unspecified atom stereocenters. The highest BCUT2D eigenvalue weighted by atomic mass is 32.2. The molecule has 0 spiro atoms. The third kappa shape index (κ3) is 4.18. The van der Waals surface area contributed by atoms with Gasteiger partial charge in [0.15, 0.2) is 5.82 Å². The summed E-state index contributed by atoms with van der Waals surface area (Å²) in [4.78, 5) is 19.3. The lowest BCUT2D eigenvalue weighted by Gasteiger charge is -2.26. The highest BCUT2D eigenvalue weighted by Crippen LogP contribution is 2.28. The number of pyridine rings is 1. The van der Waals surface area contributed by atoms with Gasteiger partial charge in [-0.05, 0) is 49.4 Å². The van der Waals surface area contributed by atoms with Crippen molar-refractivity contribution in [3.63, 3.8) is 0 Å². The number of hydrogen-bond acceptors (Lipinski definition) is 5. The number of halogens is 1. The van der Waals surface area contributed by atoms with E-state index in [2.05, 4.69) is 10.1 Å². The smallest absolute Gasteiger partial charge is 0.271 e. The first kappa shape index (κ1) is 22.5. The Morgan fingerprint density at radius 1 is 1.12 bits per heavy atom. The average molecular weight is 479 g/mol. The minimum absolute atomic E-state index is 0.0876. The summed E-state index contributed by atoms with van der Waals surface area (Å²) in [5.74, 6) is 0.0736. The van der Waals surface area contributed by atoms with Crippen LogP contribution >= 0.6 is 0 Å². The largest absolute Gasteiger partial charge is 0.610 e. The van der Waals surface area contributed by atoms with Gasteiger partial charge in [0.1, 0.15) is 12.1 Å². The second-order valence-corrected chi connectivity index (χ2v) is 9.49. The van der Waals surface area contributed by atoms with Crippen LogP contribution in [0.5, 0.6) is 0 Å². The lowest BCUT2D eigenvalue weighted by molar-refractivity contribution is 0.0303. The summed E-state index contributed by atoms with van der Waals surface area (Å²) >= 11 is -1.34. The number of aromatic nitrogens is 3. The molecule has 7 nitrogen and oxygen atoms in total. The van der Waals surface area contributed by atoms with E-state index in [4.69, 9.17) is 4.74 Å². The van der Waals surface area contributed by atoms with Gasteiger partial charge in [-0.2, -0.15) is 0 Å². The van der Waals surface area contributed by atoms with Crippen LogP contribution in [0.1, 0.15) is 15.9 Å². The van der Waals surface area contributed by atoms with Crippen LogP contribution in [0, 0.1) is 12.7 Å². The maximum atomic E-state index is 14.3. The maximum absolute atomic E-state index is 14.3. The van der Waals surface area contributed by atoms with Crippen molar-refractivity contribution in [1.29, 1.82) is 0 Å². The molecule has 1 saturated heterocycles. The lowest BCUT2D eigenvalue weighted by Crippen LogP contribution is -2.40. The predicted molar refractivity (Wildman–Crippen MR) is 128 cm³/mol. The molecular formula is C25H23FN4O3S. The van der Waals surface area contributed by atoms with Gasteiger partial charge in [-0.1, -0.05) is 11.6 Å². The summed E-state index contributed by atoms with van der Waals surface area (Å²) in [6, 6.07) is 13.7. The fourth-order valence-electron chi connectivity index (χ4n) is 4.09. The number of nitrogens with zero attached hydrogens (tertiary/aromatic N) is 4. The quantitative estimate of drug-likeness (QED) is 0.417. The molecule has 0 saturated carbocycles. The number of morpholine rings is 1. The van der Waals surface area contributed by atoms with Gasteiger partial charge in [-0.25, -0.2) is 14.1 Å². The van der Waals surface area contributed by atoms with Gasteiger partial charge in [-0.15, -0.1) is 5.10 Å². The Bertz CT molecular complexity index is 1360. The maximum Gasteiger partial charge on any atom is 0.271 e. The summed E-state index contributed by atoms with van der Waals surface area (Å²) in [6.45, 7) is 4.02. The Morgan fingerprint density at radius 2 is 1.91 bits per heavy atom. The van der Waals surface area contributed by atoms with E-state index in [9.17, 15) is 13.7 Å². The van der Waals surface area contributed by atoms with Crippen LogP contribution in [0.25, 0.3) is 27.8 Å². The molecule has 9 heteroatoms. The van der Waals surface area contributed by atoms with Gasteiger partial charge in [-0.3, -0.25) is 4.79 Å². The minimum atomic E-state index is -1.34. The summed E-state index contributed by atoms with van der Waals surface area (Å²) in [5.41, 5.74) is 3.21. The molecule has 5 rings (SSSR count). The van der Waals surface area contributed by atoms with Crippen molar-refractivity contribution < 1.29 is 18.5 Å². The molecule has 2 aromatic heterocycles. The molecule has 0 N–H and O–H groups in total. The van der Waals surface area contributed by atoms with Gasteiger partial charge in [0.2, 0.25) is 0 Å². The lowest BCUT2D eigenvalue weighted by atomic mass is 10.0. The molecule has 1 amide bonds. The highest BCUT2D eigenvalue weighted by molar-refractivity contribution is 7.90. The number of rotatable bonds is 4.